The van der Waals surface area contributed by atoms with Crippen LogP contribution in [0.15, 0.2) is 24.3 Å². The highest BCUT2D eigenvalue weighted by atomic mass is 16.6. The fraction of sp³-hybridized carbons (Fsp3) is 0.500. The Labute approximate surface area is 142 Å². The van der Waals surface area contributed by atoms with Crippen molar-refractivity contribution >= 4 is 23.3 Å². The van der Waals surface area contributed by atoms with Crippen molar-refractivity contribution in [2.75, 3.05) is 5.73 Å². The number of hydrogen-bond acceptors (Lipinski definition) is 5. The number of anilines is 1. The number of carbonyl (C=O) groups excluding carboxylic acids is 3. The van der Waals surface area contributed by atoms with Crippen LogP contribution >= 0.6 is 0 Å². The molecule has 0 aliphatic heterocycles. The van der Waals surface area contributed by atoms with Crippen molar-refractivity contribution in [2.24, 2.45) is 5.92 Å². The smallest absolute Gasteiger partial charge is 0.313 e. The predicted molar refractivity (Wildman–Crippen MR) is 92.0 cm³/mol. The normalized spacial score (nSPS) is 12.3. The first-order chi connectivity index (χ1) is 11.1. The van der Waals surface area contributed by atoms with E-state index in [1.54, 1.807) is 39.8 Å². The molecule has 0 heterocycles. The zero-order valence-electron chi connectivity index (χ0n) is 14.7. The molecule has 0 fully saturated rings. The summed E-state index contributed by atoms with van der Waals surface area (Å²) in [4.78, 5) is 35.5. The van der Waals surface area contributed by atoms with Crippen LogP contribution in [0.2, 0.25) is 0 Å². The first-order valence-electron chi connectivity index (χ1n) is 7.92. The second-order valence-corrected chi connectivity index (χ2v) is 6.85. The van der Waals surface area contributed by atoms with E-state index in [9.17, 15) is 14.4 Å². The molecule has 0 aliphatic rings. The van der Waals surface area contributed by atoms with Crippen molar-refractivity contribution in [3.05, 3.63) is 29.8 Å². The molecular weight excluding hydrogens is 308 g/mol. The largest absolute Gasteiger partial charge is 0.460 e. The van der Waals surface area contributed by atoms with Crippen LogP contribution in [-0.4, -0.2) is 23.3 Å². The number of Topliss-reactive ketones (excluding diaryl/α,β-unsaturated/α-hetero) is 1. The number of benzene rings is 1. The van der Waals surface area contributed by atoms with E-state index in [1.807, 2.05) is 12.1 Å². The van der Waals surface area contributed by atoms with Gasteiger partial charge in [-0.1, -0.05) is 19.1 Å². The summed E-state index contributed by atoms with van der Waals surface area (Å²) in [6.45, 7) is 7.22. The number of hydrogen-bond donors (Lipinski definition) is 2. The van der Waals surface area contributed by atoms with E-state index in [0.717, 1.165) is 5.56 Å². The van der Waals surface area contributed by atoms with Crippen LogP contribution in [0.25, 0.3) is 0 Å². The molecular formula is C18H26N2O4. The lowest BCUT2D eigenvalue weighted by molar-refractivity contribution is -0.156. The number of esters is 1. The van der Waals surface area contributed by atoms with E-state index in [2.05, 4.69) is 5.32 Å². The highest BCUT2D eigenvalue weighted by Gasteiger charge is 2.23. The SMILES string of the molecule is C[C@H](CC(=O)NCc1ccc(N)cc1)C(=O)CC(=O)OC(C)(C)C. The Hall–Kier alpha value is -2.37. The molecule has 0 saturated carbocycles. The summed E-state index contributed by atoms with van der Waals surface area (Å²) in [5.74, 6) is -1.64. The van der Waals surface area contributed by atoms with Gasteiger partial charge in [0.05, 0.1) is 0 Å². The van der Waals surface area contributed by atoms with E-state index in [4.69, 9.17) is 10.5 Å². The van der Waals surface area contributed by atoms with Gasteiger partial charge in [0, 0.05) is 24.6 Å². The Morgan fingerprint density at radius 2 is 1.75 bits per heavy atom. The van der Waals surface area contributed by atoms with Crippen LogP contribution in [0.3, 0.4) is 0 Å². The average Bonchev–Trinajstić information content (AvgIpc) is 2.44. The van der Waals surface area contributed by atoms with Crippen LogP contribution in [0, 0.1) is 5.92 Å². The van der Waals surface area contributed by atoms with Crippen LogP contribution in [0.4, 0.5) is 5.69 Å². The number of nitrogens with one attached hydrogen (secondary N) is 1. The maximum absolute atomic E-state index is 12.0. The van der Waals surface area contributed by atoms with Gasteiger partial charge in [-0.25, -0.2) is 0 Å². The highest BCUT2D eigenvalue weighted by molar-refractivity contribution is 5.98. The number of rotatable bonds is 7. The van der Waals surface area contributed by atoms with E-state index in [-0.39, 0.29) is 24.5 Å². The Morgan fingerprint density at radius 1 is 1.17 bits per heavy atom. The molecule has 1 atom stereocenters. The minimum atomic E-state index is -0.628. The average molecular weight is 334 g/mol. The molecule has 6 heteroatoms. The molecule has 24 heavy (non-hydrogen) atoms. The Balaban J connectivity index is 2.38. The zero-order chi connectivity index (χ0) is 18.3. The van der Waals surface area contributed by atoms with Crippen LogP contribution in [0.1, 0.15) is 46.1 Å². The van der Waals surface area contributed by atoms with Gasteiger partial charge in [-0.15, -0.1) is 0 Å². The third kappa shape index (κ3) is 7.76. The van der Waals surface area contributed by atoms with E-state index in [0.29, 0.717) is 12.2 Å². The van der Waals surface area contributed by atoms with Gasteiger partial charge >= 0.3 is 5.97 Å². The third-order valence-corrected chi connectivity index (χ3v) is 3.25. The fourth-order valence-corrected chi connectivity index (χ4v) is 1.99. The molecule has 0 unspecified atom stereocenters. The summed E-state index contributed by atoms with van der Waals surface area (Å²) in [6, 6.07) is 7.17. The first-order valence-corrected chi connectivity index (χ1v) is 7.92. The predicted octanol–water partition coefficient (Wildman–Crippen LogP) is 2.21. The molecule has 0 radical (unpaired) electrons. The molecule has 1 rings (SSSR count). The standard InChI is InChI=1S/C18H26N2O4/c1-12(15(21)10-17(23)24-18(2,3)4)9-16(22)20-11-13-5-7-14(19)8-6-13/h5-8,12H,9-11,19H2,1-4H3,(H,20,22)/t12-/m1/s1. The molecule has 0 spiro atoms. The molecule has 0 aliphatic carbocycles. The van der Waals surface area contributed by atoms with Crippen LogP contribution in [-0.2, 0) is 25.7 Å². The number of amides is 1. The monoisotopic (exact) mass is 334 g/mol. The molecule has 132 valence electrons. The molecule has 1 amide bonds. The van der Waals surface area contributed by atoms with Crippen LogP contribution < -0.4 is 11.1 Å². The number of ether oxygens (including phenoxy) is 1. The summed E-state index contributed by atoms with van der Waals surface area (Å²) < 4.78 is 5.11. The van der Waals surface area contributed by atoms with E-state index >= 15 is 0 Å². The summed E-state index contributed by atoms with van der Waals surface area (Å²) in [5.41, 5.74) is 6.55. The third-order valence-electron chi connectivity index (χ3n) is 3.25. The summed E-state index contributed by atoms with van der Waals surface area (Å²) in [5, 5.41) is 2.75. The maximum atomic E-state index is 12.0. The van der Waals surface area contributed by atoms with Crippen molar-refractivity contribution in [3.8, 4) is 0 Å². The second-order valence-electron chi connectivity index (χ2n) is 6.85. The number of carbonyl (C=O) groups is 3. The molecule has 1 aromatic rings. The molecule has 0 saturated heterocycles. The molecule has 6 nitrogen and oxygen atoms in total. The zero-order valence-corrected chi connectivity index (χ0v) is 14.7. The lowest BCUT2D eigenvalue weighted by Crippen LogP contribution is -2.29. The lowest BCUT2D eigenvalue weighted by Gasteiger charge is -2.19. The Bertz CT molecular complexity index is 588. The Morgan fingerprint density at radius 3 is 2.29 bits per heavy atom. The summed E-state index contributed by atoms with van der Waals surface area (Å²) >= 11 is 0. The van der Waals surface area contributed by atoms with Crippen molar-refractivity contribution in [3.63, 3.8) is 0 Å². The van der Waals surface area contributed by atoms with Crippen molar-refractivity contribution in [1.82, 2.24) is 5.32 Å². The summed E-state index contributed by atoms with van der Waals surface area (Å²) in [6.07, 6.45) is -0.277. The fourth-order valence-electron chi connectivity index (χ4n) is 1.99. The van der Waals surface area contributed by atoms with Gasteiger partial charge < -0.3 is 15.8 Å². The molecule has 3 N–H and O–H groups in total. The van der Waals surface area contributed by atoms with Gasteiger partial charge in [-0.2, -0.15) is 0 Å². The van der Waals surface area contributed by atoms with Crippen molar-refractivity contribution in [2.45, 2.75) is 52.7 Å². The van der Waals surface area contributed by atoms with Crippen molar-refractivity contribution in [1.29, 1.82) is 0 Å². The van der Waals surface area contributed by atoms with Gasteiger partial charge in [0.2, 0.25) is 5.91 Å². The number of nitrogens with two attached hydrogens (primary N) is 1. The summed E-state index contributed by atoms with van der Waals surface area (Å²) in [7, 11) is 0. The minimum Gasteiger partial charge on any atom is -0.460 e. The maximum Gasteiger partial charge on any atom is 0.313 e. The number of ketones is 1. The lowest BCUT2D eigenvalue weighted by atomic mass is 9.99. The van der Waals surface area contributed by atoms with Crippen molar-refractivity contribution < 1.29 is 19.1 Å². The Kier molecular flexibility index (Phi) is 6.95. The van der Waals surface area contributed by atoms with Gasteiger partial charge in [0.15, 0.2) is 0 Å². The quantitative estimate of drug-likeness (QED) is 0.452. The van der Waals surface area contributed by atoms with E-state index in [1.165, 1.54) is 0 Å². The van der Waals surface area contributed by atoms with Gasteiger partial charge in [0.25, 0.3) is 0 Å². The van der Waals surface area contributed by atoms with Crippen LogP contribution in [0.5, 0.6) is 0 Å². The van der Waals surface area contributed by atoms with Gasteiger partial charge in [0.1, 0.15) is 17.8 Å². The number of nitrogen functional groups attached to an aromatic ring is 1. The van der Waals surface area contributed by atoms with E-state index < -0.39 is 17.5 Å². The second kappa shape index (κ2) is 8.47. The topological polar surface area (TPSA) is 98.5 Å². The highest BCUT2D eigenvalue weighted by Crippen LogP contribution is 2.12. The van der Waals surface area contributed by atoms with Gasteiger partial charge in [-0.3, -0.25) is 14.4 Å². The minimum absolute atomic E-state index is 0.0383. The van der Waals surface area contributed by atoms with Gasteiger partial charge in [-0.05, 0) is 38.5 Å². The molecule has 0 aromatic heterocycles. The molecule has 0 bridgehead atoms. The molecule has 1 aromatic carbocycles. The first kappa shape index (κ1) is 19.7.